The third-order valence-corrected chi connectivity index (χ3v) is 8.16. The summed E-state index contributed by atoms with van der Waals surface area (Å²) in [6.07, 6.45) is 4.16. The van der Waals surface area contributed by atoms with Crippen LogP contribution >= 0.6 is 0 Å². The number of urea groups is 1. The predicted octanol–water partition coefficient (Wildman–Crippen LogP) is 2.96. The third-order valence-electron chi connectivity index (χ3n) is 7.23. The van der Waals surface area contributed by atoms with Gasteiger partial charge >= 0.3 is 17.8 Å². The van der Waals surface area contributed by atoms with Crippen LogP contribution in [0.25, 0.3) is 0 Å². The summed E-state index contributed by atoms with van der Waals surface area (Å²) in [5.74, 6) is -1.53. The standard InChI is InChI=1S/C28H36FN5O5S/c1-28(2,33-40(3,38)39)17-30-25(35)26(36)31-23-10-5-18(6-11-23)19-7-12-24(13-8-19)32-27(37)34-15-20-4-9-22(29)14-21(20)16-34/h4,7-9,12-14,18,23,33H,5-6,10-11,15-17H2,1-3H3,(H,30,35)(H,31,36)(H,32,37). The number of nitrogens with zero attached hydrogens (tertiary/aromatic N) is 1. The van der Waals surface area contributed by atoms with Gasteiger partial charge in [0, 0.05) is 36.9 Å². The van der Waals surface area contributed by atoms with Gasteiger partial charge < -0.3 is 20.9 Å². The smallest absolute Gasteiger partial charge is 0.322 e. The molecule has 1 aliphatic heterocycles. The topological polar surface area (TPSA) is 137 Å². The summed E-state index contributed by atoms with van der Waals surface area (Å²) in [5.41, 5.74) is 2.66. The van der Waals surface area contributed by atoms with Crippen LogP contribution in [-0.4, -0.2) is 55.5 Å². The van der Waals surface area contributed by atoms with E-state index in [1.165, 1.54) is 12.1 Å². The number of sulfonamides is 1. The van der Waals surface area contributed by atoms with Gasteiger partial charge in [-0.1, -0.05) is 18.2 Å². The molecule has 0 saturated heterocycles. The average Bonchev–Trinajstić information content (AvgIpc) is 3.30. The van der Waals surface area contributed by atoms with Crippen molar-refractivity contribution in [3.63, 3.8) is 0 Å². The second-order valence-electron chi connectivity index (χ2n) is 11.3. The fraction of sp³-hybridized carbons (Fsp3) is 0.464. The minimum absolute atomic E-state index is 0.0266. The maximum Gasteiger partial charge on any atom is 0.322 e. The van der Waals surface area contributed by atoms with Crippen molar-refractivity contribution in [3.8, 4) is 0 Å². The summed E-state index contributed by atoms with van der Waals surface area (Å²) in [6.45, 7) is 4.02. The Morgan fingerprint density at radius 3 is 2.25 bits per heavy atom. The van der Waals surface area contributed by atoms with Crippen molar-refractivity contribution >= 4 is 33.6 Å². The molecule has 4 amide bonds. The van der Waals surface area contributed by atoms with Crippen molar-refractivity contribution in [1.82, 2.24) is 20.3 Å². The van der Waals surface area contributed by atoms with Crippen molar-refractivity contribution in [3.05, 3.63) is 65.0 Å². The van der Waals surface area contributed by atoms with Gasteiger partial charge in [-0.3, -0.25) is 9.59 Å². The normalized spacial score (nSPS) is 19.1. The van der Waals surface area contributed by atoms with Crippen molar-refractivity contribution < 1.29 is 27.2 Å². The monoisotopic (exact) mass is 573 g/mol. The number of carbonyl (C=O) groups excluding carboxylic acids is 3. The zero-order chi connectivity index (χ0) is 29.1. The summed E-state index contributed by atoms with van der Waals surface area (Å²) in [4.78, 5) is 38.9. The Morgan fingerprint density at radius 2 is 1.60 bits per heavy atom. The fourth-order valence-electron chi connectivity index (χ4n) is 5.29. The lowest BCUT2D eigenvalue weighted by Gasteiger charge is -2.29. The summed E-state index contributed by atoms with van der Waals surface area (Å²) >= 11 is 0. The first-order valence-corrected chi connectivity index (χ1v) is 15.2. The molecular formula is C28H36FN5O5S. The zero-order valence-corrected chi connectivity index (χ0v) is 23.7. The van der Waals surface area contributed by atoms with E-state index in [1.54, 1.807) is 24.8 Å². The molecule has 0 radical (unpaired) electrons. The SMILES string of the molecule is CC(C)(CNC(=O)C(=O)NC1CCC(c2ccc(NC(=O)N3Cc4ccc(F)cc4C3)cc2)CC1)NS(C)(=O)=O. The number of nitrogens with one attached hydrogen (secondary N) is 4. The van der Waals surface area contributed by atoms with E-state index >= 15 is 0 Å². The van der Waals surface area contributed by atoms with Crippen molar-refractivity contribution in [2.75, 3.05) is 18.1 Å². The Morgan fingerprint density at radius 1 is 0.950 bits per heavy atom. The molecule has 0 spiro atoms. The van der Waals surface area contributed by atoms with Gasteiger partial charge in [-0.15, -0.1) is 0 Å². The van der Waals surface area contributed by atoms with Gasteiger partial charge in [0.2, 0.25) is 10.0 Å². The Bertz CT molecular complexity index is 1370. The molecule has 40 heavy (non-hydrogen) atoms. The number of hydrogen-bond donors (Lipinski definition) is 4. The van der Waals surface area contributed by atoms with Crippen LogP contribution in [0.3, 0.4) is 0 Å². The predicted molar refractivity (Wildman–Crippen MR) is 149 cm³/mol. The average molecular weight is 574 g/mol. The molecule has 0 bridgehead atoms. The minimum atomic E-state index is -3.46. The van der Waals surface area contributed by atoms with Crippen LogP contribution in [0.5, 0.6) is 0 Å². The van der Waals surface area contributed by atoms with Gasteiger partial charge in [-0.2, -0.15) is 0 Å². The Hall–Kier alpha value is -3.51. The summed E-state index contributed by atoms with van der Waals surface area (Å²) < 4.78 is 38.8. The first kappa shape index (κ1) is 29.5. The molecule has 4 rings (SSSR count). The fourth-order valence-corrected chi connectivity index (χ4v) is 6.37. The quantitative estimate of drug-likeness (QED) is 0.378. The van der Waals surface area contributed by atoms with E-state index in [0.717, 1.165) is 48.6 Å². The van der Waals surface area contributed by atoms with Gasteiger partial charge in [-0.05, 0) is 86.4 Å². The summed E-state index contributed by atoms with van der Waals surface area (Å²) in [6, 6.07) is 12.0. The molecule has 2 aromatic carbocycles. The molecule has 1 saturated carbocycles. The van der Waals surface area contributed by atoms with Crippen LogP contribution < -0.4 is 20.7 Å². The minimum Gasteiger partial charge on any atom is -0.346 e. The van der Waals surface area contributed by atoms with Crippen molar-refractivity contribution in [2.45, 2.75) is 70.1 Å². The van der Waals surface area contributed by atoms with E-state index in [9.17, 15) is 27.2 Å². The molecular weight excluding hydrogens is 537 g/mol. The van der Waals surface area contributed by atoms with Gasteiger partial charge in [0.25, 0.3) is 0 Å². The molecule has 0 unspecified atom stereocenters. The second kappa shape index (κ2) is 11.9. The number of benzene rings is 2. The summed E-state index contributed by atoms with van der Waals surface area (Å²) in [7, 11) is -3.46. The number of halogens is 1. The molecule has 0 aromatic heterocycles. The molecule has 10 nitrogen and oxygen atoms in total. The van der Waals surface area contributed by atoms with Crippen LogP contribution in [0.15, 0.2) is 42.5 Å². The van der Waals surface area contributed by atoms with E-state index in [1.807, 2.05) is 24.3 Å². The van der Waals surface area contributed by atoms with Crippen LogP contribution in [0.2, 0.25) is 0 Å². The first-order valence-electron chi connectivity index (χ1n) is 13.3. The lowest BCUT2D eigenvalue weighted by molar-refractivity contribution is -0.139. The zero-order valence-electron chi connectivity index (χ0n) is 22.9. The van der Waals surface area contributed by atoms with E-state index in [-0.39, 0.29) is 24.4 Å². The number of anilines is 1. The second-order valence-corrected chi connectivity index (χ2v) is 13.0. The highest BCUT2D eigenvalue weighted by Gasteiger charge is 2.28. The van der Waals surface area contributed by atoms with Gasteiger partial charge in [0.05, 0.1) is 6.26 Å². The highest BCUT2D eigenvalue weighted by molar-refractivity contribution is 7.88. The number of hydrogen-bond acceptors (Lipinski definition) is 5. The number of carbonyl (C=O) groups is 3. The molecule has 12 heteroatoms. The number of fused-ring (bicyclic) bond motifs is 1. The number of amides is 4. The molecule has 1 aliphatic carbocycles. The van der Waals surface area contributed by atoms with E-state index < -0.39 is 27.4 Å². The maximum absolute atomic E-state index is 13.5. The molecule has 1 fully saturated rings. The molecule has 4 N–H and O–H groups in total. The number of rotatable bonds is 7. The highest BCUT2D eigenvalue weighted by atomic mass is 32.2. The van der Waals surface area contributed by atoms with E-state index in [4.69, 9.17) is 0 Å². The lowest BCUT2D eigenvalue weighted by atomic mass is 9.81. The van der Waals surface area contributed by atoms with Crippen LogP contribution in [-0.2, 0) is 32.7 Å². The van der Waals surface area contributed by atoms with Gasteiger partial charge in [-0.25, -0.2) is 22.3 Å². The van der Waals surface area contributed by atoms with Crippen LogP contribution in [0.4, 0.5) is 14.9 Å². The van der Waals surface area contributed by atoms with E-state index in [2.05, 4.69) is 20.7 Å². The maximum atomic E-state index is 13.5. The van der Waals surface area contributed by atoms with Gasteiger partial charge in [0.15, 0.2) is 0 Å². The van der Waals surface area contributed by atoms with Crippen molar-refractivity contribution in [2.24, 2.45) is 0 Å². The Balaban J connectivity index is 1.20. The van der Waals surface area contributed by atoms with Crippen molar-refractivity contribution in [1.29, 1.82) is 0 Å². The van der Waals surface area contributed by atoms with Crippen LogP contribution in [0.1, 0.15) is 62.1 Å². The molecule has 2 aromatic rings. The Labute approximate surface area is 234 Å². The molecule has 2 aliphatic rings. The summed E-state index contributed by atoms with van der Waals surface area (Å²) in [5, 5.41) is 8.17. The highest BCUT2D eigenvalue weighted by Crippen LogP contribution is 2.33. The third kappa shape index (κ3) is 8.01. The molecule has 1 heterocycles. The molecule has 0 atom stereocenters. The van der Waals surface area contributed by atoms with E-state index in [0.29, 0.717) is 24.7 Å². The molecule has 216 valence electrons. The lowest BCUT2D eigenvalue weighted by Crippen LogP contribution is -2.53. The van der Waals surface area contributed by atoms with Crippen LogP contribution in [0, 0.1) is 5.82 Å². The largest absolute Gasteiger partial charge is 0.346 e. The Kier molecular flexibility index (Phi) is 8.79. The van der Waals surface area contributed by atoms with Gasteiger partial charge in [0.1, 0.15) is 5.82 Å². The first-order chi connectivity index (χ1) is 18.8.